The van der Waals surface area contributed by atoms with Gasteiger partial charge in [-0.2, -0.15) is 0 Å². The molecule has 1 aliphatic rings. The number of fused-ring (bicyclic) bond motifs is 1. The Morgan fingerprint density at radius 2 is 1.84 bits per heavy atom. The van der Waals surface area contributed by atoms with E-state index in [0.29, 0.717) is 26.9 Å². The number of anilines is 1. The molecule has 0 spiro atoms. The maximum atomic E-state index is 12.9. The molecule has 1 aliphatic heterocycles. The number of carbonyl (C=O) groups excluding carboxylic acids is 2. The SMILES string of the molecule is COC(=O)c1cccc(CN2C(=O)/C(=N\O)c3ccc(-c4ccc(Cl)cc4Cl)cc32)c1. The quantitative estimate of drug-likeness (QED) is 0.334. The van der Waals surface area contributed by atoms with Crippen molar-refractivity contribution < 1.29 is 19.5 Å². The van der Waals surface area contributed by atoms with Crippen molar-refractivity contribution in [1.29, 1.82) is 0 Å². The number of hydrogen-bond acceptors (Lipinski definition) is 5. The maximum absolute atomic E-state index is 12.9. The Labute approximate surface area is 188 Å². The van der Waals surface area contributed by atoms with Crippen molar-refractivity contribution in [2.24, 2.45) is 5.16 Å². The van der Waals surface area contributed by atoms with E-state index in [9.17, 15) is 14.8 Å². The lowest BCUT2D eigenvalue weighted by atomic mass is 10.0. The van der Waals surface area contributed by atoms with Crippen molar-refractivity contribution in [2.75, 3.05) is 12.0 Å². The monoisotopic (exact) mass is 454 g/mol. The van der Waals surface area contributed by atoms with E-state index in [0.717, 1.165) is 16.7 Å². The van der Waals surface area contributed by atoms with E-state index in [1.165, 1.54) is 12.0 Å². The minimum atomic E-state index is -0.465. The zero-order valence-corrected chi connectivity index (χ0v) is 17.8. The second kappa shape index (κ2) is 8.41. The Kier molecular flexibility index (Phi) is 5.67. The topological polar surface area (TPSA) is 79.2 Å². The number of carbonyl (C=O) groups is 2. The van der Waals surface area contributed by atoms with Crippen LogP contribution in [0, 0.1) is 0 Å². The Bertz CT molecular complexity index is 1240. The molecule has 6 nitrogen and oxygen atoms in total. The molecule has 0 saturated carbocycles. The molecular weight excluding hydrogens is 439 g/mol. The van der Waals surface area contributed by atoms with Crippen LogP contribution in [-0.2, 0) is 16.1 Å². The van der Waals surface area contributed by atoms with E-state index in [2.05, 4.69) is 5.16 Å². The fraction of sp³-hybridized carbons (Fsp3) is 0.0870. The highest BCUT2D eigenvalue weighted by atomic mass is 35.5. The van der Waals surface area contributed by atoms with Crippen LogP contribution in [0.4, 0.5) is 5.69 Å². The van der Waals surface area contributed by atoms with Gasteiger partial charge in [0.25, 0.3) is 5.91 Å². The average molecular weight is 455 g/mol. The van der Waals surface area contributed by atoms with Crippen LogP contribution in [0.25, 0.3) is 11.1 Å². The predicted molar refractivity (Wildman–Crippen MR) is 119 cm³/mol. The molecular formula is C23H16Cl2N2O4. The maximum Gasteiger partial charge on any atom is 0.337 e. The second-order valence-electron chi connectivity index (χ2n) is 6.89. The number of rotatable bonds is 4. The Morgan fingerprint density at radius 1 is 1.06 bits per heavy atom. The van der Waals surface area contributed by atoms with Gasteiger partial charge in [0.15, 0.2) is 5.71 Å². The third-order valence-corrected chi connectivity index (χ3v) is 5.57. The van der Waals surface area contributed by atoms with E-state index in [1.54, 1.807) is 54.6 Å². The molecule has 1 heterocycles. The number of benzene rings is 3. The van der Waals surface area contributed by atoms with Crippen LogP contribution in [0.3, 0.4) is 0 Å². The minimum absolute atomic E-state index is 0.0483. The molecule has 0 fully saturated rings. The van der Waals surface area contributed by atoms with Crippen LogP contribution in [0.1, 0.15) is 21.5 Å². The average Bonchev–Trinajstić information content (AvgIpc) is 3.03. The molecule has 0 atom stereocenters. The lowest BCUT2D eigenvalue weighted by Crippen LogP contribution is -2.29. The van der Waals surface area contributed by atoms with Crippen molar-refractivity contribution in [3.8, 4) is 11.1 Å². The summed E-state index contributed by atoms with van der Waals surface area (Å²) in [6.07, 6.45) is 0. The number of nitrogens with zero attached hydrogens (tertiary/aromatic N) is 2. The van der Waals surface area contributed by atoms with Crippen LogP contribution in [0.2, 0.25) is 10.0 Å². The normalized spacial score (nSPS) is 14.1. The molecule has 0 aliphatic carbocycles. The van der Waals surface area contributed by atoms with Gasteiger partial charge in [0, 0.05) is 21.2 Å². The standard InChI is InChI=1S/C23H16Cl2N2O4/c1-31-23(29)15-4-2-3-13(9-15)12-27-20-10-14(17-8-6-16(24)11-19(17)25)5-7-18(20)21(26-30)22(27)28/h2-11,30H,12H2,1H3/b26-21-. The first kappa shape index (κ1) is 20.9. The van der Waals surface area contributed by atoms with Gasteiger partial charge in [-0.1, -0.05) is 52.6 Å². The van der Waals surface area contributed by atoms with Gasteiger partial charge in [-0.25, -0.2) is 4.79 Å². The summed E-state index contributed by atoms with van der Waals surface area (Å²) in [5, 5.41) is 13.6. The fourth-order valence-corrected chi connectivity index (χ4v) is 4.07. The zero-order valence-electron chi connectivity index (χ0n) is 16.3. The number of esters is 1. The first-order valence-corrected chi connectivity index (χ1v) is 9.99. The summed E-state index contributed by atoms with van der Waals surface area (Å²) in [5.41, 5.74) is 3.66. The molecule has 8 heteroatoms. The van der Waals surface area contributed by atoms with Crippen LogP contribution in [0.15, 0.2) is 65.8 Å². The van der Waals surface area contributed by atoms with Crippen LogP contribution < -0.4 is 4.90 Å². The lowest BCUT2D eigenvalue weighted by Gasteiger charge is -2.18. The third-order valence-electron chi connectivity index (χ3n) is 5.02. The number of halogens is 2. The van der Waals surface area contributed by atoms with Crippen molar-refractivity contribution in [1.82, 2.24) is 0 Å². The van der Waals surface area contributed by atoms with Gasteiger partial charge in [-0.3, -0.25) is 4.79 Å². The molecule has 0 radical (unpaired) electrons. The van der Waals surface area contributed by atoms with E-state index in [1.807, 2.05) is 6.07 Å². The van der Waals surface area contributed by atoms with Crippen LogP contribution in [0.5, 0.6) is 0 Å². The summed E-state index contributed by atoms with van der Waals surface area (Å²) in [7, 11) is 1.31. The van der Waals surface area contributed by atoms with Crippen molar-refractivity contribution in [2.45, 2.75) is 6.54 Å². The van der Waals surface area contributed by atoms with Crippen LogP contribution >= 0.6 is 23.2 Å². The van der Waals surface area contributed by atoms with Gasteiger partial charge in [0.1, 0.15) is 0 Å². The first-order chi connectivity index (χ1) is 14.9. The number of oxime groups is 1. The number of methoxy groups -OCH3 is 1. The minimum Gasteiger partial charge on any atom is -0.465 e. The van der Waals surface area contributed by atoms with Crippen molar-refractivity contribution in [3.63, 3.8) is 0 Å². The van der Waals surface area contributed by atoms with Crippen molar-refractivity contribution >= 4 is 46.5 Å². The molecule has 4 rings (SSSR count). The Morgan fingerprint density at radius 3 is 2.55 bits per heavy atom. The van der Waals surface area contributed by atoms with E-state index >= 15 is 0 Å². The first-order valence-electron chi connectivity index (χ1n) is 9.24. The molecule has 0 aromatic heterocycles. The molecule has 3 aromatic rings. The van der Waals surface area contributed by atoms with E-state index < -0.39 is 11.9 Å². The van der Waals surface area contributed by atoms with Gasteiger partial charge in [0.05, 0.1) is 24.9 Å². The van der Waals surface area contributed by atoms with Gasteiger partial charge < -0.3 is 14.8 Å². The number of ether oxygens (including phenoxy) is 1. The summed E-state index contributed by atoms with van der Waals surface area (Å²) < 4.78 is 4.76. The summed E-state index contributed by atoms with van der Waals surface area (Å²) in [4.78, 5) is 26.3. The lowest BCUT2D eigenvalue weighted by molar-refractivity contribution is -0.112. The van der Waals surface area contributed by atoms with Crippen LogP contribution in [-0.4, -0.2) is 29.9 Å². The summed E-state index contributed by atoms with van der Waals surface area (Å²) >= 11 is 12.4. The molecule has 1 amide bonds. The molecule has 156 valence electrons. The van der Waals surface area contributed by atoms with Gasteiger partial charge in [-0.15, -0.1) is 0 Å². The Hall–Kier alpha value is -3.35. The Balaban J connectivity index is 1.76. The van der Waals surface area contributed by atoms with Gasteiger partial charge >= 0.3 is 5.97 Å². The van der Waals surface area contributed by atoms with Crippen molar-refractivity contribution in [3.05, 3.63) is 87.4 Å². The fourth-order valence-electron chi connectivity index (χ4n) is 3.55. The molecule has 3 aromatic carbocycles. The van der Waals surface area contributed by atoms with E-state index in [-0.39, 0.29) is 12.3 Å². The molecule has 0 saturated heterocycles. The molecule has 1 N–H and O–H groups in total. The predicted octanol–water partition coefficient (Wildman–Crippen LogP) is 5.17. The highest BCUT2D eigenvalue weighted by molar-refractivity contribution is 6.54. The highest BCUT2D eigenvalue weighted by Crippen LogP contribution is 2.37. The highest BCUT2D eigenvalue weighted by Gasteiger charge is 2.35. The summed E-state index contributed by atoms with van der Waals surface area (Å²) in [6.45, 7) is 0.174. The molecule has 0 bridgehead atoms. The third kappa shape index (κ3) is 3.87. The summed E-state index contributed by atoms with van der Waals surface area (Å²) in [5.74, 6) is -0.910. The second-order valence-corrected chi connectivity index (χ2v) is 7.73. The van der Waals surface area contributed by atoms with Gasteiger partial charge in [0.2, 0.25) is 0 Å². The number of amides is 1. The van der Waals surface area contributed by atoms with E-state index in [4.69, 9.17) is 27.9 Å². The largest absolute Gasteiger partial charge is 0.465 e. The number of hydrogen-bond donors (Lipinski definition) is 1. The smallest absolute Gasteiger partial charge is 0.337 e. The van der Waals surface area contributed by atoms with Gasteiger partial charge in [-0.05, 0) is 47.5 Å². The zero-order chi connectivity index (χ0) is 22.1. The molecule has 0 unspecified atom stereocenters. The summed E-state index contributed by atoms with van der Waals surface area (Å²) in [6, 6.07) is 17.3. The molecule has 31 heavy (non-hydrogen) atoms.